The lowest BCUT2D eigenvalue weighted by atomic mass is 10.2. The van der Waals surface area contributed by atoms with E-state index in [0.29, 0.717) is 0 Å². The second-order valence-corrected chi connectivity index (χ2v) is 3.62. The van der Waals surface area contributed by atoms with E-state index in [-0.39, 0.29) is 10.9 Å². The van der Waals surface area contributed by atoms with Gasteiger partial charge >= 0.3 is 6.18 Å². The van der Waals surface area contributed by atoms with Crippen LogP contribution < -0.4 is 0 Å². The Morgan fingerprint density at radius 1 is 1.33 bits per heavy atom. The minimum absolute atomic E-state index is 0.0758. The molecule has 0 fully saturated rings. The molecule has 7 heteroatoms. The number of aliphatic imine (C=N–C) groups is 1. The van der Waals surface area contributed by atoms with Crippen molar-refractivity contribution in [2.24, 2.45) is 12.0 Å². The Morgan fingerprint density at radius 3 is 2.56 bits per heavy atom. The zero-order chi connectivity index (χ0) is 13.5. The van der Waals surface area contributed by atoms with E-state index in [1.807, 2.05) is 0 Å². The molecule has 0 amide bonds. The van der Waals surface area contributed by atoms with E-state index in [0.717, 1.165) is 22.8 Å². The van der Waals surface area contributed by atoms with Crippen LogP contribution in [0.5, 0.6) is 0 Å². The van der Waals surface area contributed by atoms with E-state index in [9.17, 15) is 22.4 Å². The van der Waals surface area contributed by atoms with Crippen LogP contribution in [0.15, 0.2) is 23.2 Å². The molecule has 0 atom stereocenters. The molecule has 1 aromatic heterocycles. The summed E-state index contributed by atoms with van der Waals surface area (Å²) < 4.78 is 52.5. The number of nitrogens with zero attached hydrogens (tertiary/aromatic N) is 2. The maximum atomic E-state index is 13.1. The Kier molecular flexibility index (Phi) is 2.71. The van der Waals surface area contributed by atoms with Crippen molar-refractivity contribution < 1.29 is 22.4 Å². The molecule has 0 saturated carbocycles. The number of hydrogen-bond donors (Lipinski definition) is 0. The minimum atomic E-state index is -4.69. The number of alkyl halides is 3. The third-order valence-corrected chi connectivity index (χ3v) is 2.56. The second-order valence-electron chi connectivity index (χ2n) is 3.62. The summed E-state index contributed by atoms with van der Waals surface area (Å²) in [6, 6.07) is 3.14. The molecule has 0 bridgehead atoms. The first-order valence-corrected chi connectivity index (χ1v) is 4.79. The molecule has 2 rings (SSSR count). The quantitative estimate of drug-likeness (QED) is 0.439. The molecule has 3 nitrogen and oxygen atoms in total. The predicted molar refractivity (Wildman–Crippen MR) is 55.7 cm³/mol. The number of halogens is 4. The Labute approximate surface area is 98.3 Å². The van der Waals surface area contributed by atoms with Crippen LogP contribution in [0.1, 0.15) is 5.69 Å². The van der Waals surface area contributed by atoms with Crippen LogP contribution in [0.25, 0.3) is 10.9 Å². The topological polar surface area (TPSA) is 34.4 Å². The van der Waals surface area contributed by atoms with E-state index >= 15 is 0 Å². The van der Waals surface area contributed by atoms with Crippen molar-refractivity contribution in [2.45, 2.75) is 6.18 Å². The normalized spacial score (nSPS) is 11.6. The van der Waals surface area contributed by atoms with Crippen molar-refractivity contribution >= 4 is 22.7 Å². The number of aromatic nitrogens is 1. The highest BCUT2D eigenvalue weighted by Gasteiger charge is 2.38. The van der Waals surface area contributed by atoms with Gasteiger partial charge in [-0.25, -0.2) is 9.18 Å². The van der Waals surface area contributed by atoms with E-state index < -0.39 is 23.4 Å². The van der Waals surface area contributed by atoms with E-state index in [2.05, 4.69) is 4.99 Å². The molecule has 18 heavy (non-hydrogen) atoms. The smallest absolute Gasteiger partial charge is 0.338 e. The molecule has 0 aliphatic carbocycles. The van der Waals surface area contributed by atoms with E-state index in [4.69, 9.17) is 0 Å². The molecule has 0 aliphatic rings. The maximum absolute atomic E-state index is 13.1. The van der Waals surface area contributed by atoms with Gasteiger partial charge < -0.3 is 4.57 Å². The summed E-state index contributed by atoms with van der Waals surface area (Å²) in [5, 5.41) is -0.0758. The second kappa shape index (κ2) is 3.96. The predicted octanol–water partition coefficient (Wildman–Crippen LogP) is 3.30. The number of isocyanates is 1. The largest absolute Gasteiger partial charge is 0.433 e. The van der Waals surface area contributed by atoms with Crippen LogP contribution in [0.4, 0.5) is 23.2 Å². The number of benzene rings is 1. The molecular weight excluding hydrogens is 252 g/mol. The monoisotopic (exact) mass is 258 g/mol. The molecule has 1 heterocycles. The molecule has 0 unspecified atom stereocenters. The molecule has 2 aromatic rings. The zero-order valence-electron chi connectivity index (χ0n) is 9.05. The highest BCUT2D eigenvalue weighted by atomic mass is 19.4. The average Bonchev–Trinajstić information content (AvgIpc) is 2.52. The van der Waals surface area contributed by atoms with E-state index in [1.165, 1.54) is 13.1 Å². The zero-order valence-corrected chi connectivity index (χ0v) is 9.05. The maximum Gasteiger partial charge on any atom is 0.433 e. The van der Waals surface area contributed by atoms with Gasteiger partial charge in [0.1, 0.15) is 11.5 Å². The van der Waals surface area contributed by atoms with Gasteiger partial charge in [-0.1, -0.05) is 0 Å². The van der Waals surface area contributed by atoms with Crippen molar-refractivity contribution in [1.82, 2.24) is 4.57 Å². The van der Waals surface area contributed by atoms with Gasteiger partial charge in [0.15, 0.2) is 5.69 Å². The standard InChI is InChI=1S/C11H6F4N2O/c1-17-8-3-2-6(12)4-7(8)9(16-5-18)10(17)11(13,14)15/h2-4H,1H3. The molecule has 1 aromatic carbocycles. The third-order valence-electron chi connectivity index (χ3n) is 2.56. The lowest BCUT2D eigenvalue weighted by molar-refractivity contribution is -0.142. The first-order valence-electron chi connectivity index (χ1n) is 4.79. The van der Waals surface area contributed by atoms with Crippen LogP contribution in [-0.2, 0) is 18.0 Å². The van der Waals surface area contributed by atoms with Gasteiger partial charge in [0.2, 0.25) is 6.08 Å². The molecule has 0 saturated heterocycles. The Balaban J connectivity index is 2.97. The van der Waals surface area contributed by atoms with Crippen LogP contribution in [0.2, 0.25) is 0 Å². The Morgan fingerprint density at radius 2 is 2.00 bits per heavy atom. The molecule has 0 aliphatic heterocycles. The number of fused-ring (bicyclic) bond motifs is 1. The molecule has 0 N–H and O–H groups in total. The number of rotatable bonds is 1. The Hall–Kier alpha value is -2.14. The van der Waals surface area contributed by atoms with Gasteiger partial charge in [0.05, 0.1) is 5.52 Å². The summed E-state index contributed by atoms with van der Waals surface area (Å²) in [7, 11) is 1.17. The fourth-order valence-corrected chi connectivity index (χ4v) is 1.88. The van der Waals surface area contributed by atoms with Gasteiger partial charge in [-0.3, -0.25) is 0 Å². The van der Waals surface area contributed by atoms with E-state index in [1.54, 1.807) is 0 Å². The minimum Gasteiger partial charge on any atom is -0.338 e. The fraction of sp³-hybridized carbons (Fsp3) is 0.182. The fourth-order valence-electron chi connectivity index (χ4n) is 1.88. The first kappa shape index (κ1) is 12.3. The molecule has 0 spiro atoms. The number of hydrogen-bond acceptors (Lipinski definition) is 2. The first-order chi connectivity index (χ1) is 8.36. The van der Waals surface area contributed by atoms with Crippen molar-refractivity contribution in [3.05, 3.63) is 29.7 Å². The highest BCUT2D eigenvalue weighted by molar-refractivity contribution is 5.94. The van der Waals surface area contributed by atoms with Gasteiger partial charge in [0, 0.05) is 12.4 Å². The number of carbonyl (C=O) groups excluding carboxylic acids is 1. The van der Waals surface area contributed by atoms with Gasteiger partial charge in [0.25, 0.3) is 0 Å². The van der Waals surface area contributed by atoms with Crippen molar-refractivity contribution in [3.63, 3.8) is 0 Å². The molecule has 94 valence electrons. The van der Waals surface area contributed by atoms with Crippen LogP contribution in [-0.4, -0.2) is 10.6 Å². The summed E-state index contributed by atoms with van der Waals surface area (Å²) in [6.07, 6.45) is -3.63. The summed E-state index contributed by atoms with van der Waals surface area (Å²) >= 11 is 0. The lowest BCUT2D eigenvalue weighted by Crippen LogP contribution is -2.11. The van der Waals surface area contributed by atoms with Crippen LogP contribution in [0.3, 0.4) is 0 Å². The lowest BCUT2D eigenvalue weighted by Gasteiger charge is -2.08. The highest BCUT2D eigenvalue weighted by Crippen LogP contribution is 2.42. The van der Waals surface area contributed by atoms with Crippen LogP contribution >= 0.6 is 0 Å². The third kappa shape index (κ3) is 1.78. The van der Waals surface area contributed by atoms with Gasteiger partial charge in [-0.15, -0.1) is 0 Å². The molecule has 0 radical (unpaired) electrons. The molecular formula is C11H6F4N2O. The Bertz CT molecular complexity index is 666. The summed E-state index contributed by atoms with van der Waals surface area (Å²) in [6.45, 7) is 0. The van der Waals surface area contributed by atoms with Crippen LogP contribution in [0, 0.1) is 5.82 Å². The summed E-state index contributed by atoms with van der Waals surface area (Å²) in [5.74, 6) is -0.704. The summed E-state index contributed by atoms with van der Waals surface area (Å²) in [5.41, 5.74) is -1.58. The van der Waals surface area contributed by atoms with Crippen molar-refractivity contribution in [3.8, 4) is 0 Å². The average molecular weight is 258 g/mol. The summed E-state index contributed by atoms with van der Waals surface area (Å²) in [4.78, 5) is 13.3. The van der Waals surface area contributed by atoms with Gasteiger partial charge in [-0.05, 0) is 18.2 Å². The number of aryl methyl sites for hydroxylation is 1. The van der Waals surface area contributed by atoms with Crippen molar-refractivity contribution in [2.75, 3.05) is 0 Å². The van der Waals surface area contributed by atoms with Gasteiger partial charge in [-0.2, -0.15) is 18.2 Å². The van der Waals surface area contributed by atoms with Crippen molar-refractivity contribution in [1.29, 1.82) is 0 Å². The SMILES string of the molecule is Cn1c(C(F)(F)F)c(N=C=O)c2cc(F)ccc21.